The summed E-state index contributed by atoms with van der Waals surface area (Å²) < 4.78 is 104. The van der Waals surface area contributed by atoms with E-state index >= 15 is 26.3 Å². The smallest absolute Gasteiger partial charge is 0.281 e. The molecule has 0 bridgehead atoms. The number of fused-ring (bicyclic) bond motifs is 15. The molecule has 6 aliphatic heterocycles. The van der Waals surface area contributed by atoms with Crippen LogP contribution in [0.1, 0.15) is 126 Å². The summed E-state index contributed by atoms with van der Waals surface area (Å²) >= 11 is 37.9. The molecule has 3 saturated heterocycles. The van der Waals surface area contributed by atoms with E-state index in [0.717, 1.165) is 57.7 Å². The van der Waals surface area contributed by atoms with Crippen LogP contribution in [0.15, 0.2) is 144 Å². The minimum atomic E-state index is -1.14. The standard InChI is InChI=1S/C34H31Cl2F2N5O4.C34H32Cl2F2N4O3.C33H29Cl2F2N5O4/c1-7-24(45)41-14-23-33(46)40(6)32-31(42(23)13-17(41)5)20-12-22(37)25(19-10-18(44)11-21(35)26(19)36)27(38)30(20)43(34(32)47)29-16(4)8-9-39-28(29)15(2)3;1-6-26(44)40-15-19-7-8-21-32(41(19)14-18(40)5)23-13-25(37)27(22-11-20(43)12-24(35)28(22)36)29(38)33(23)42(34(21)45)31-17(4)9-10-39-30(31)16(2)3;1-6-23(44)40-13-22-32(45)39-28-31(41(22)12-16(40)5)19-11-21(36)24(18-9-17(43)10-20(34)25(18)35)26(37)30(19)42(33(28)46)29-15(4)7-8-38-27(29)14(2)3/h7-12,15,17,23,44H,1,13-14H2,2-6H3;6,9-13,16,18-19,43H,1,7-8,14-15H2,2-5H3;6-11,14,16,22,43H,1,12-13H2,2-5H3,(H,39,45). The number of carbonyl (C=O) groups is 5. The maximum Gasteiger partial charge on any atom is 0.281 e. The van der Waals surface area contributed by atoms with Crippen molar-refractivity contribution in [2.24, 2.45) is 0 Å². The number of aromatic hydroxyl groups is 3. The van der Waals surface area contributed by atoms with E-state index in [-0.39, 0.29) is 205 Å². The van der Waals surface area contributed by atoms with Crippen LogP contribution >= 0.6 is 69.6 Å². The van der Waals surface area contributed by atoms with E-state index < -0.39 is 104 Å². The highest BCUT2D eigenvalue weighted by molar-refractivity contribution is 6.45. The second-order valence-electron chi connectivity index (χ2n) is 36.1. The number of carbonyl (C=O) groups excluding carboxylic acids is 5. The van der Waals surface area contributed by atoms with Crippen molar-refractivity contribution in [1.29, 1.82) is 0 Å². The van der Waals surface area contributed by atoms with Crippen molar-refractivity contribution >= 4 is 160 Å². The van der Waals surface area contributed by atoms with Gasteiger partial charge in [0.15, 0.2) is 17.5 Å². The Morgan fingerprint density at radius 2 is 0.783 bits per heavy atom. The van der Waals surface area contributed by atoms with Crippen LogP contribution in [0, 0.1) is 55.7 Å². The van der Waals surface area contributed by atoms with Crippen LogP contribution in [-0.2, 0) is 30.4 Å². The zero-order valence-corrected chi connectivity index (χ0v) is 81.4. The normalized spacial score (nSPS) is 17.8. The fourth-order valence-electron chi connectivity index (χ4n) is 20.0. The van der Waals surface area contributed by atoms with E-state index in [1.54, 1.807) is 79.2 Å². The van der Waals surface area contributed by atoms with Gasteiger partial charge in [0.05, 0.1) is 128 Å². The molecule has 4 N–H and O–H groups in total. The predicted octanol–water partition coefficient (Wildman–Crippen LogP) is 20.0. The first-order chi connectivity index (χ1) is 65.3. The second-order valence-corrected chi connectivity index (χ2v) is 38.5. The molecule has 0 saturated carbocycles. The molecule has 12 aromatic rings. The monoisotopic (exact) mass is 2000 g/mol. The third-order valence-electron chi connectivity index (χ3n) is 26.4. The number of anilines is 5. The number of hydrogen-bond donors (Lipinski definition) is 4. The molecule has 716 valence electrons. The van der Waals surface area contributed by atoms with Crippen LogP contribution in [0.4, 0.5) is 54.8 Å². The van der Waals surface area contributed by atoms with Crippen molar-refractivity contribution in [2.75, 3.05) is 71.2 Å². The van der Waals surface area contributed by atoms with E-state index in [4.69, 9.17) is 69.6 Å². The average molecular weight is 2000 g/mol. The van der Waals surface area contributed by atoms with Crippen LogP contribution in [0.5, 0.6) is 17.2 Å². The minimum absolute atomic E-state index is 0.00520. The molecule has 6 aromatic carbocycles. The number of phenols is 3. The molecule has 37 heteroatoms. The molecule has 0 radical (unpaired) electrons. The molecule has 6 aliphatic rings. The van der Waals surface area contributed by atoms with Crippen molar-refractivity contribution in [3.8, 4) is 67.7 Å². The number of phenolic OH excluding ortho intramolecular Hbond substituents is 3. The van der Waals surface area contributed by atoms with Crippen molar-refractivity contribution in [1.82, 2.24) is 43.4 Å². The summed E-state index contributed by atoms with van der Waals surface area (Å²) in [6, 6.07) is 12.1. The van der Waals surface area contributed by atoms with Crippen molar-refractivity contribution < 1.29 is 65.6 Å². The summed E-state index contributed by atoms with van der Waals surface area (Å²) in [7, 11) is 1.43. The van der Waals surface area contributed by atoms with Crippen LogP contribution in [0.3, 0.4) is 0 Å². The van der Waals surface area contributed by atoms with Gasteiger partial charge < -0.3 is 54.9 Å². The fourth-order valence-corrected chi connectivity index (χ4v) is 21.3. The Hall–Kier alpha value is -12.9. The molecule has 6 unspecified atom stereocenters. The van der Waals surface area contributed by atoms with Gasteiger partial charge in [-0.15, -0.1) is 0 Å². The minimum Gasteiger partial charge on any atom is -0.508 e. The summed E-state index contributed by atoms with van der Waals surface area (Å²) in [5.41, 5.74) is 0.382. The molecule has 18 rings (SSSR count). The van der Waals surface area contributed by atoms with E-state index in [9.17, 15) is 53.7 Å². The van der Waals surface area contributed by atoms with Gasteiger partial charge in [0.2, 0.25) is 23.6 Å². The highest BCUT2D eigenvalue weighted by Crippen LogP contribution is 2.53. The SMILES string of the molecule is C=CC(=O)N1CC2C(=O)N(C)c3c(c4cc(F)c(-c5cc(O)cc(Cl)c5Cl)c(F)c4n(-c4c(C)ccnc4C(C)C)c3=O)N2CC1C.C=CC(=O)N1CC2C(=O)Nc3c(c4cc(F)c(-c5cc(O)cc(Cl)c5Cl)c(F)c4n(-c4c(C)ccnc4C(C)C)c3=O)N2CC1C.C=CC(=O)N1CC2CCc3c(c4cc(F)c(-c5cc(O)cc(Cl)c5Cl)c(F)c4n(-c4c(C)ccnc4C(C)C)c3=O)N2CC1C. The Kier molecular flexibility index (Phi) is 26.6. The van der Waals surface area contributed by atoms with Gasteiger partial charge >= 0.3 is 0 Å². The number of halogens is 12. The summed E-state index contributed by atoms with van der Waals surface area (Å²) in [4.78, 5) is 134. The van der Waals surface area contributed by atoms with Crippen molar-refractivity contribution in [3.05, 3.63) is 265 Å². The molecular formula is C101H92Cl6F6N14O11. The lowest BCUT2D eigenvalue weighted by molar-refractivity contribution is -0.132. The first kappa shape index (κ1) is 98.1. The molecule has 138 heavy (non-hydrogen) atoms. The number of hydrogen-bond acceptors (Lipinski definition) is 17. The van der Waals surface area contributed by atoms with Gasteiger partial charge in [-0.25, -0.2) is 26.3 Å². The van der Waals surface area contributed by atoms with Crippen molar-refractivity contribution in [2.45, 2.75) is 150 Å². The van der Waals surface area contributed by atoms with Crippen LogP contribution in [0.25, 0.3) is 83.2 Å². The van der Waals surface area contributed by atoms with E-state index in [1.165, 1.54) is 50.6 Å². The number of piperazine rings is 3. The Labute approximate surface area is 817 Å². The molecular weight excluding hydrogens is 1910 g/mol. The zero-order chi connectivity index (χ0) is 100. The van der Waals surface area contributed by atoms with Gasteiger partial charge in [-0.3, -0.25) is 67.0 Å². The first-order valence-electron chi connectivity index (χ1n) is 44.2. The molecule has 6 atom stereocenters. The highest BCUT2D eigenvalue weighted by Gasteiger charge is 2.50. The lowest BCUT2D eigenvalue weighted by Crippen LogP contribution is -2.66. The summed E-state index contributed by atoms with van der Waals surface area (Å²) in [6.45, 7) is 33.7. The molecule has 6 aromatic heterocycles. The zero-order valence-electron chi connectivity index (χ0n) is 76.8. The molecule has 25 nitrogen and oxygen atoms in total. The Morgan fingerprint density at radius 1 is 0.442 bits per heavy atom. The Bertz CT molecular complexity index is 7520. The number of likely N-dealkylation sites (N-methyl/N-ethyl adjacent to an activating group) is 1. The van der Waals surface area contributed by atoms with E-state index in [0.29, 0.717) is 76.6 Å². The molecule has 0 aliphatic carbocycles. The number of nitrogens with zero attached hydrogens (tertiary/aromatic N) is 13. The van der Waals surface area contributed by atoms with Crippen LogP contribution in [0.2, 0.25) is 30.1 Å². The maximum absolute atomic E-state index is 17.3. The molecule has 5 amide bonds. The van der Waals surface area contributed by atoms with Gasteiger partial charge in [0.1, 0.15) is 58.2 Å². The summed E-state index contributed by atoms with van der Waals surface area (Å²) in [5, 5.41) is 32.9. The number of amides is 5. The average Bonchev–Trinajstić information content (AvgIpc) is 0.705. The van der Waals surface area contributed by atoms with Gasteiger partial charge in [-0.2, -0.15) is 0 Å². The number of benzene rings is 6. The topological polar surface area (TPSA) is 285 Å². The number of pyridine rings is 6. The van der Waals surface area contributed by atoms with Gasteiger partial charge in [-0.1, -0.05) is 131 Å². The van der Waals surface area contributed by atoms with E-state index in [1.807, 2.05) is 60.3 Å². The summed E-state index contributed by atoms with van der Waals surface area (Å²) in [5.74, 6) is -9.87. The maximum atomic E-state index is 17.3. The number of aryl methyl sites for hydroxylation is 3. The largest absolute Gasteiger partial charge is 0.508 e. The van der Waals surface area contributed by atoms with Gasteiger partial charge in [0.25, 0.3) is 22.6 Å². The number of aromatic nitrogens is 6. The van der Waals surface area contributed by atoms with Gasteiger partial charge in [0, 0.05) is 133 Å². The van der Waals surface area contributed by atoms with E-state index in [2.05, 4.69) is 40.0 Å². The lowest BCUT2D eigenvalue weighted by atomic mass is 9.89. The predicted molar refractivity (Wildman–Crippen MR) is 527 cm³/mol. The van der Waals surface area contributed by atoms with Crippen LogP contribution in [-0.4, -0.2) is 171 Å². The molecule has 3 fully saturated rings. The second kappa shape index (κ2) is 37.4. The van der Waals surface area contributed by atoms with Crippen LogP contribution < -0.4 is 41.6 Å². The fraction of sp³-hybridized carbons (Fsp3) is 0.297. The Balaban J connectivity index is 0.000000150. The third kappa shape index (κ3) is 16.2. The highest BCUT2D eigenvalue weighted by atomic mass is 35.5. The number of rotatable bonds is 12. The third-order valence-corrected chi connectivity index (χ3v) is 28.9. The number of nitrogens with one attached hydrogen (secondary N) is 1. The summed E-state index contributed by atoms with van der Waals surface area (Å²) in [6.07, 6.45) is 9.34. The quantitative estimate of drug-likeness (QED) is 0.0653. The lowest BCUT2D eigenvalue weighted by Gasteiger charge is -2.50. The Morgan fingerprint density at radius 3 is 1.17 bits per heavy atom. The molecule has 12 heterocycles. The first-order valence-corrected chi connectivity index (χ1v) is 46.5. The van der Waals surface area contributed by atoms with Crippen molar-refractivity contribution in [3.63, 3.8) is 0 Å². The van der Waals surface area contributed by atoms with Gasteiger partial charge in [-0.05, 0) is 162 Å². The molecule has 0 spiro atoms.